The van der Waals surface area contributed by atoms with E-state index < -0.39 is 0 Å². The molecule has 0 fully saturated rings. The first-order valence-corrected chi connectivity index (χ1v) is 9.03. The fourth-order valence-electron chi connectivity index (χ4n) is 2.68. The van der Waals surface area contributed by atoms with Gasteiger partial charge in [-0.25, -0.2) is 13.8 Å². The van der Waals surface area contributed by atoms with Gasteiger partial charge in [0.1, 0.15) is 11.6 Å². The minimum atomic E-state index is -0.361. The molecular weight excluding hydrogens is 366 g/mol. The summed E-state index contributed by atoms with van der Waals surface area (Å²) < 4.78 is 29.1. The maximum absolute atomic E-state index is 13.9. The second-order valence-corrected chi connectivity index (χ2v) is 6.50. The molecule has 0 radical (unpaired) electrons. The second-order valence-electron chi connectivity index (χ2n) is 6.11. The van der Waals surface area contributed by atoms with E-state index in [-0.39, 0.29) is 11.6 Å². The monoisotopic (exact) mass is 386 g/mol. The molecule has 27 heavy (non-hydrogen) atoms. The highest BCUT2D eigenvalue weighted by atomic mass is 32.1. The SMILES string of the molecule is Fc1ccc(CN(CCCn2ccnc2)C(=S)Nc2ccccc2F)cc1. The Hall–Kier alpha value is -2.80. The van der Waals surface area contributed by atoms with E-state index in [0.717, 1.165) is 18.5 Å². The van der Waals surface area contributed by atoms with Gasteiger partial charge in [-0.3, -0.25) is 0 Å². The third kappa shape index (κ3) is 5.59. The van der Waals surface area contributed by atoms with Crippen LogP contribution < -0.4 is 5.32 Å². The summed E-state index contributed by atoms with van der Waals surface area (Å²) in [7, 11) is 0. The number of nitrogens with one attached hydrogen (secondary N) is 1. The summed E-state index contributed by atoms with van der Waals surface area (Å²) in [6, 6.07) is 12.7. The first-order chi connectivity index (χ1) is 13.1. The molecule has 140 valence electrons. The lowest BCUT2D eigenvalue weighted by molar-refractivity contribution is 0.395. The third-order valence-corrected chi connectivity index (χ3v) is 4.45. The van der Waals surface area contributed by atoms with Crippen molar-refractivity contribution in [3.8, 4) is 0 Å². The molecule has 2 aromatic carbocycles. The van der Waals surface area contributed by atoms with E-state index >= 15 is 0 Å². The van der Waals surface area contributed by atoms with Crippen LogP contribution in [0.1, 0.15) is 12.0 Å². The minimum Gasteiger partial charge on any atom is -0.345 e. The molecule has 0 spiro atoms. The summed E-state index contributed by atoms with van der Waals surface area (Å²) in [6.07, 6.45) is 6.23. The zero-order valence-electron chi connectivity index (χ0n) is 14.7. The second kappa shape index (κ2) is 9.23. The number of imidazole rings is 1. The molecule has 3 rings (SSSR count). The summed E-state index contributed by atoms with van der Waals surface area (Å²) in [5.74, 6) is -0.641. The molecule has 0 saturated heterocycles. The van der Waals surface area contributed by atoms with Crippen molar-refractivity contribution < 1.29 is 8.78 Å². The van der Waals surface area contributed by atoms with Gasteiger partial charge in [-0.2, -0.15) is 0 Å². The molecule has 1 heterocycles. The van der Waals surface area contributed by atoms with Gasteiger partial charge in [-0.15, -0.1) is 0 Å². The topological polar surface area (TPSA) is 33.1 Å². The highest BCUT2D eigenvalue weighted by Crippen LogP contribution is 2.15. The van der Waals surface area contributed by atoms with Crippen LogP contribution in [0.3, 0.4) is 0 Å². The lowest BCUT2D eigenvalue weighted by Crippen LogP contribution is -2.35. The van der Waals surface area contributed by atoms with Crippen LogP contribution in [0, 0.1) is 11.6 Å². The molecule has 0 atom stereocenters. The summed E-state index contributed by atoms with van der Waals surface area (Å²) >= 11 is 5.51. The number of para-hydroxylation sites is 1. The molecule has 1 N–H and O–H groups in total. The van der Waals surface area contributed by atoms with Crippen LogP contribution in [-0.4, -0.2) is 26.1 Å². The number of benzene rings is 2. The van der Waals surface area contributed by atoms with E-state index in [2.05, 4.69) is 10.3 Å². The number of halogens is 2. The first-order valence-electron chi connectivity index (χ1n) is 8.62. The van der Waals surface area contributed by atoms with E-state index in [9.17, 15) is 8.78 Å². The van der Waals surface area contributed by atoms with Crippen molar-refractivity contribution in [2.75, 3.05) is 11.9 Å². The van der Waals surface area contributed by atoms with Crippen molar-refractivity contribution in [1.29, 1.82) is 0 Å². The number of aryl methyl sites for hydroxylation is 1. The van der Waals surface area contributed by atoms with Gasteiger partial charge in [0, 0.05) is 32.0 Å². The van der Waals surface area contributed by atoms with E-state index in [4.69, 9.17) is 12.2 Å². The van der Waals surface area contributed by atoms with Crippen LogP contribution in [-0.2, 0) is 13.1 Å². The van der Waals surface area contributed by atoms with E-state index in [1.54, 1.807) is 42.9 Å². The maximum atomic E-state index is 13.9. The Morgan fingerprint density at radius 3 is 2.59 bits per heavy atom. The van der Waals surface area contributed by atoms with Crippen LogP contribution in [0.2, 0.25) is 0 Å². The Labute approximate surface area is 162 Å². The molecule has 0 amide bonds. The van der Waals surface area contributed by atoms with Crippen molar-refractivity contribution >= 4 is 23.0 Å². The number of thiocarbonyl (C=S) groups is 1. The molecule has 0 bridgehead atoms. The molecule has 0 saturated carbocycles. The highest BCUT2D eigenvalue weighted by molar-refractivity contribution is 7.80. The van der Waals surface area contributed by atoms with Crippen LogP contribution in [0.5, 0.6) is 0 Å². The zero-order valence-corrected chi connectivity index (χ0v) is 15.5. The Morgan fingerprint density at radius 1 is 1.11 bits per heavy atom. The third-order valence-electron chi connectivity index (χ3n) is 4.09. The number of aromatic nitrogens is 2. The molecule has 0 aliphatic heterocycles. The van der Waals surface area contributed by atoms with Gasteiger partial charge in [0.15, 0.2) is 5.11 Å². The van der Waals surface area contributed by atoms with Crippen LogP contribution in [0.25, 0.3) is 0 Å². The molecule has 3 aromatic rings. The number of hydrogen-bond donors (Lipinski definition) is 1. The number of rotatable bonds is 7. The minimum absolute atomic E-state index is 0.280. The van der Waals surface area contributed by atoms with Crippen molar-refractivity contribution in [2.45, 2.75) is 19.5 Å². The molecule has 0 aliphatic carbocycles. The zero-order chi connectivity index (χ0) is 19.1. The van der Waals surface area contributed by atoms with Gasteiger partial charge in [-0.1, -0.05) is 24.3 Å². The first kappa shape index (κ1) is 19.0. The highest BCUT2D eigenvalue weighted by Gasteiger charge is 2.12. The quantitative estimate of drug-likeness (QED) is 0.608. The average molecular weight is 386 g/mol. The molecule has 1 aromatic heterocycles. The Kier molecular flexibility index (Phi) is 6.49. The largest absolute Gasteiger partial charge is 0.345 e. The fraction of sp³-hybridized carbons (Fsp3) is 0.200. The summed E-state index contributed by atoms with van der Waals surface area (Å²) in [5, 5.41) is 3.40. The fourth-order valence-corrected chi connectivity index (χ4v) is 2.95. The van der Waals surface area contributed by atoms with Crippen LogP contribution in [0.4, 0.5) is 14.5 Å². The molecule has 0 aliphatic rings. The Morgan fingerprint density at radius 2 is 1.89 bits per heavy atom. The van der Waals surface area contributed by atoms with E-state index in [1.165, 1.54) is 18.2 Å². The van der Waals surface area contributed by atoms with Gasteiger partial charge < -0.3 is 14.8 Å². The Balaban J connectivity index is 1.68. The van der Waals surface area contributed by atoms with E-state index in [0.29, 0.717) is 23.9 Å². The number of anilines is 1. The van der Waals surface area contributed by atoms with Crippen LogP contribution in [0.15, 0.2) is 67.3 Å². The Bertz CT molecular complexity index is 866. The average Bonchev–Trinajstić information content (AvgIpc) is 3.18. The maximum Gasteiger partial charge on any atom is 0.173 e. The van der Waals surface area contributed by atoms with Crippen molar-refractivity contribution in [3.63, 3.8) is 0 Å². The van der Waals surface area contributed by atoms with Crippen molar-refractivity contribution in [1.82, 2.24) is 14.5 Å². The lowest BCUT2D eigenvalue weighted by atomic mass is 10.2. The van der Waals surface area contributed by atoms with Gasteiger partial charge in [0.2, 0.25) is 0 Å². The van der Waals surface area contributed by atoms with Gasteiger partial charge in [-0.05, 0) is 48.5 Å². The lowest BCUT2D eigenvalue weighted by Gasteiger charge is -2.26. The molecular formula is C20H20F2N4S. The van der Waals surface area contributed by atoms with Gasteiger partial charge in [0.25, 0.3) is 0 Å². The summed E-state index contributed by atoms with van der Waals surface area (Å²) in [6.45, 7) is 1.96. The van der Waals surface area contributed by atoms with Gasteiger partial charge in [0.05, 0.1) is 12.0 Å². The summed E-state index contributed by atoms with van der Waals surface area (Å²) in [5.41, 5.74) is 1.26. The predicted molar refractivity (Wildman–Crippen MR) is 106 cm³/mol. The van der Waals surface area contributed by atoms with Crippen molar-refractivity contribution in [2.24, 2.45) is 0 Å². The predicted octanol–water partition coefficient (Wildman–Crippen LogP) is 4.45. The smallest absolute Gasteiger partial charge is 0.173 e. The molecule has 7 heteroatoms. The number of nitrogens with zero attached hydrogens (tertiary/aromatic N) is 3. The summed E-state index contributed by atoms with van der Waals surface area (Å²) in [4.78, 5) is 5.98. The van der Waals surface area contributed by atoms with Crippen molar-refractivity contribution in [3.05, 3.63) is 84.4 Å². The standard InChI is InChI=1S/C20H20F2N4S/c21-17-8-6-16(7-9-17)14-26(12-3-11-25-13-10-23-15-25)20(27)24-19-5-2-1-4-18(19)22/h1-2,4-10,13,15H,3,11-12,14H2,(H,24,27). The van der Waals surface area contributed by atoms with E-state index in [1.807, 2.05) is 15.7 Å². The molecule has 0 unspecified atom stereocenters. The van der Waals surface area contributed by atoms with Gasteiger partial charge >= 0.3 is 0 Å². The van der Waals surface area contributed by atoms with Crippen LogP contribution >= 0.6 is 12.2 Å². The molecule has 4 nitrogen and oxygen atoms in total. The normalized spacial score (nSPS) is 10.6. The number of hydrogen-bond acceptors (Lipinski definition) is 2.